The second kappa shape index (κ2) is 12.6. The Labute approximate surface area is 225 Å². The van der Waals surface area contributed by atoms with Crippen LogP contribution in [0.2, 0.25) is 0 Å². The summed E-state index contributed by atoms with van der Waals surface area (Å²) in [5.41, 5.74) is 0.583. The molecule has 38 heavy (non-hydrogen) atoms. The predicted octanol–water partition coefficient (Wildman–Crippen LogP) is 4.92. The van der Waals surface area contributed by atoms with Crippen molar-refractivity contribution in [2.75, 3.05) is 19.8 Å². The van der Waals surface area contributed by atoms with Crippen molar-refractivity contribution in [3.8, 4) is 5.75 Å². The Morgan fingerprint density at radius 1 is 1.00 bits per heavy atom. The number of para-hydroxylation sites is 1. The highest BCUT2D eigenvalue weighted by molar-refractivity contribution is 8.15. The van der Waals surface area contributed by atoms with Gasteiger partial charge in [-0.2, -0.15) is 0 Å². The van der Waals surface area contributed by atoms with Gasteiger partial charge in [-0.25, -0.2) is 9.36 Å². The van der Waals surface area contributed by atoms with Crippen LogP contribution in [0.3, 0.4) is 0 Å². The van der Waals surface area contributed by atoms with E-state index in [1.165, 1.54) is 23.6 Å². The largest absolute Gasteiger partial charge is 0.529 e. The number of phosphoric ester groups is 1. The minimum atomic E-state index is -4.04. The van der Waals surface area contributed by atoms with Gasteiger partial charge in [-0.05, 0) is 38.5 Å². The van der Waals surface area contributed by atoms with Crippen LogP contribution in [0, 0.1) is 0 Å². The van der Waals surface area contributed by atoms with Gasteiger partial charge < -0.3 is 14.0 Å². The quantitative estimate of drug-likeness (QED) is 0.111. The van der Waals surface area contributed by atoms with Crippen molar-refractivity contribution >= 4 is 36.5 Å². The van der Waals surface area contributed by atoms with Crippen LogP contribution < -0.4 is 4.74 Å². The molecule has 202 valence electrons. The molecule has 0 N–H and O–H groups in total. The van der Waals surface area contributed by atoms with Crippen LogP contribution in [-0.4, -0.2) is 53.1 Å². The molecule has 1 fully saturated rings. The zero-order valence-electron chi connectivity index (χ0n) is 21.3. The molecule has 2 aromatic carbocycles. The lowest BCUT2D eigenvalue weighted by molar-refractivity contribution is -0.151. The summed E-state index contributed by atoms with van der Waals surface area (Å²) >= 11 is 1.31. The van der Waals surface area contributed by atoms with Crippen LogP contribution in [0.15, 0.2) is 77.1 Å². The van der Waals surface area contributed by atoms with Crippen LogP contribution in [-0.2, 0) is 39.1 Å². The maximum absolute atomic E-state index is 13.3. The van der Waals surface area contributed by atoms with Gasteiger partial charge in [0.1, 0.15) is 35.1 Å². The number of nitrogens with zero attached hydrogens (tertiary/aromatic N) is 2. The zero-order valence-corrected chi connectivity index (χ0v) is 23.0. The van der Waals surface area contributed by atoms with Crippen molar-refractivity contribution in [3.63, 3.8) is 0 Å². The molecule has 0 bridgehead atoms. The highest BCUT2D eigenvalue weighted by Crippen LogP contribution is 2.52. The summed E-state index contributed by atoms with van der Waals surface area (Å²) in [5, 5.41) is 0.109. The van der Waals surface area contributed by atoms with E-state index in [4.69, 9.17) is 23.0 Å². The predicted molar refractivity (Wildman–Crippen MR) is 142 cm³/mol. The molecular weight excluding hydrogens is 531 g/mol. The third kappa shape index (κ3) is 6.47. The van der Waals surface area contributed by atoms with E-state index in [1.54, 1.807) is 13.8 Å². The molecule has 12 heteroatoms. The van der Waals surface area contributed by atoms with Crippen molar-refractivity contribution in [2.24, 2.45) is 4.99 Å². The standard InChI is InChI=1S/C26H29N2O8PS/c1-4-34-37(31,35-5-2)36-18(3)23(26(30)33-16-19-12-8-6-9-13-19)28-24(29)22-25(28)38-21(27-22)17-32-20-14-10-7-11-15-20/h6-15,22,25H,4-5,16-17H2,1-3H3. The van der Waals surface area contributed by atoms with E-state index in [0.717, 1.165) is 5.56 Å². The van der Waals surface area contributed by atoms with Crippen LogP contribution in [0.4, 0.5) is 0 Å². The number of benzene rings is 2. The van der Waals surface area contributed by atoms with Gasteiger partial charge in [-0.1, -0.05) is 60.3 Å². The van der Waals surface area contributed by atoms with Crippen LogP contribution in [0.25, 0.3) is 0 Å². The summed E-state index contributed by atoms with van der Waals surface area (Å²) in [4.78, 5) is 32.2. The number of β-lactam (4-membered cyclic amide) rings is 1. The fourth-order valence-electron chi connectivity index (χ4n) is 3.80. The van der Waals surface area contributed by atoms with Gasteiger partial charge in [0.25, 0.3) is 5.91 Å². The Morgan fingerprint density at radius 3 is 2.26 bits per heavy atom. The summed E-state index contributed by atoms with van der Waals surface area (Å²) in [7, 11) is -4.04. The number of carbonyl (C=O) groups excluding carboxylic acids is 2. The van der Waals surface area contributed by atoms with Gasteiger partial charge in [-0.15, -0.1) is 0 Å². The zero-order chi connectivity index (χ0) is 27.1. The normalized spacial score (nSPS) is 19.2. The maximum atomic E-state index is 13.3. The maximum Gasteiger partial charge on any atom is 0.529 e. The summed E-state index contributed by atoms with van der Waals surface area (Å²) < 4.78 is 40.3. The number of ether oxygens (including phenoxy) is 2. The molecule has 0 radical (unpaired) electrons. The first-order valence-electron chi connectivity index (χ1n) is 12.1. The summed E-state index contributed by atoms with van der Waals surface area (Å²) in [6.07, 6.45) is 0. The minimum absolute atomic E-state index is 0.0268. The Kier molecular flexibility index (Phi) is 9.27. The van der Waals surface area contributed by atoms with Gasteiger partial charge in [-0.3, -0.25) is 23.7 Å². The Morgan fingerprint density at radius 2 is 1.63 bits per heavy atom. The molecule has 4 rings (SSSR count). The number of allylic oxidation sites excluding steroid dienone is 1. The monoisotopic (exact) mass is 560 g/mol. The second-order valence-corrected chi connectivity index (χ2v) is 10.9. The third-order valence-corrected chi connectivity index (χ3v) is 8.32. The van der Waals surface area contributed by atoms with E-state index in [-0.39, 0.29) is 37.9 Å². The van der Waals surface area contributed by atoms with Crippen LogP contribution >= 0.6 is 19.6 Å². The minimum Gasteiger partial charge on any atom is -0.487 e. The van der Waals surface area contributed by atoms with E-state index in [9.17, 15) is 14.2 Å². The summed E-state index contributed by atoms with van der Waals surface area (Å²) in [6.45, 7) is 4.96. The molecule has 0 saturated carbocycles. The Bertz CT molecular complexity index is 1240. The lowest BCUT2D eigenvalue weighted by atomic mass is 10.1. The van der Waals surface area contributed by atoms with Crippen LogP contribution in [0.1, 0.15) is 26.3 Å². The Hall–Kier alpha value is -3.11. The number of aliphatic imine (C=N–C) groups is 1. The third-order valence-electron chi connectivity index (χ3n) is 5.46. The molecular formula is C26H29N2O8PS. The lowest BCUT2D eigenvalue weighted by Crippen LogP contribution is -2.61. The molecule has 2 aliphatic rings. The van der Waals surface area contributed by atoms with Crippen molar-refractivity contribution in [1.82, 2.24) is 4.90 Å². The average molecular weight is 561 g/mol. The molecule has 0 spiro atoms. The molecule has 0 aliphatic carbocycles. The summed E-state index contributed by atoms with van der Waals surface area (Å²) in [6, 6.07) is 17.7. The number of carbonyl (C=O) groups is 2. The topological polar surface area (TPSA) is 113 Å². The lowest BCUT2D eigenvalue weighted by Gasteiger charge is -2.41. The number of amides is 1. The second-order valence-electron chi connectivity index (χ2n) is 8.13. The first-order valence-corrected chi connectivity index (χ1v) is 14.4. The summed E-state index contributed by atoms with van der Waals surface area (Å²) in [5.74, 6) is -0.661. The molecule has 2 atom stereocenters. The van der Waals surface area contributed by atoms with Crippen LogP contribution in [0.5, 0.6) is 5.75 Å². The fourth-order valence-corrected chi connectivity index (χ4v) is 6.24. The van der Waals surface area contributed by atoms with Crippen molar-refractivity contribution < 1.29 is 37.2 Å². The van der Waals surface area contributed by atoms with Gasteiger partial charge in [0.2, 0.25) is 0 Å². The molecule has 1 saturated heterocycles. The number of thioether (sulfide) groups is 1. The molecule has 1 amide bonds. The van der Waals surface area contributed by atoms with E-state index in [2.05, 4.69) is 4.99 Å². The number of rotatable bonds is 13. The number of esters is 1. The molecule has 2 aliphatic heterocycles. The van der Waals surface area contributed by atoms with Gasteiger partial charge >= 0.3 is 13.8 Å². The average Bonchev–Trinajstić information content (AvgIpc) is 3.29. The van der Waals surface area contributed by atoms with E-state index < -0.39 is 31.1 Å². The van der Waals surface area contributed by atoms with Gasteiger partial charge in [0.15, 0.2) is 11.7 Å². The van der Waals surface area contributed by atoms with Crippen molar-refractivity contribution in [1.29, 1.82) is 0 Å². The van der Waals surface area contributed by atoms with Gasteiger partial charge in [0, 0.05) is 0 Å². The van der Waals surface area contributed by atoms with E-state index in [0.29, 0.717) is 10.8 Å². The fraction of sp³-hybridized carbons (Fsp3) is 0.346. The van der Waals surface area contributed by atoms with E-state index >= 15 is 0 Å². The number of fused-ring (bicyclic) bond motifs is 1. The molecule has 10 nitrogen and oxygen atoms in total. The first kappa shape index (κ1) is 27.9. The number of phosphoric acid groups is 1. The highest BCUT2D eigenvalue weighted by atomic mass is 32.2. The molecule has 2 aromatic rings. The smallest absolute Gasteiger partial charge is 0.487 e. The van der Waals surface area contributed by atoms with E-state index in [1.807, 2.05) is 60.7 Å². The highest BCUT2D eigenvalue weighted by Gasteiger charge is 2.56. The first-order chi connectivity index (χ1) is 18.3. The molecule has 2 unspecified atom stereocenters. The van der Waals surface area contributed by atoms with Crippen molar-refractivity contribution in [3.05, 3.63) is 77.7 Å². The number of hydrogen-bond donors (Lipinski definition) is 0. The number of hydrogen-bond acceptors (Lipinski definition) is 10. The van der Waals surface area contributed by atoms with Crippen molar-refractivity contribution in [2.45, 2.75) is 38.8 Å². The van der Waals surface area contributed by atoms with Gasteiger partial charge in [0.05, 0.1) is 13.2 Å². The Balaban J connectivity index is 1.54. The molecule has 2 heterocycles. The SMILES string of the molecule is CCOP(=O)(OCC)OC(C)=C(C(=O)OCc1ccccc1)N1C(=O)C2N=C(COc3ccccc3)SC21. The molecule has 0 aromatic heterocycles. The number of likely N-dealkylation sites (tertiary alicyclic amines) is 1.